The Morgan fingerprint density at radius 3 is 1.69 bits per heavy atom. The lowest BCUT2D eigenvalue weighted by molar-refractivity contribution is 0.491. The van der Waals surface area contributed by atoms with Crippen LogP contribution < -0.4 is 11.3 Å². The number of hydrogen-bond acceptors (Lipinski definition) is 3. The van der Waals surface area contributed by atoms with Crippen LogP contribution >= 0.6 is 0 Å². The minimum Gasteiger partial charge on any atom is -0.386 e. The summed E-state index contributed by atoms with van der Waals surface area (Å²) in [7, 11) is 0. The van der Waals surface area contributed by atoms with Gasteiger partial charge in [-0.15, -0.1) is 0 Å². The van der Waals surface area contributed by atoms with Gasteiger partial charge in [-0.2, -0.15) is 0 Å². The summed E-state index contributed by atoms with van der Waals surface area (Å²) in [6.45, 7) is 3.63. The maximum Gasteiger partial charge on any atom is 0.346 e. The van der Waals surface area contributed by atoms with Crippen LogP contribution in [0.25, 0.3) is 10.8 Å². The van der Waals surface area contributed by atoms with E-state index < -0.39 is 11.3 Å². The lowest BCUT2D eigenvalue weighted by atomic mass is 10.0. The third-order valence-electron chi connectivity index (χ3n) is 2.41. The quantitative estimate of drug-likeness (QED) is 0.606. The van der Waals surface area contributed by atoms with E-state index in [9.17, 15) is 9.59 Å². The van der Waals surface area contributed by atoms with Gasteiger partial charge in [0.25, 0.3) is 0 Å². The molecule has 0 spiro atoms. The van der Waals surface area contributed by atoms with E-state index in [0.29, 0.717) is 10.8 Å². The van der Waals surface area contributed by atoms with Crippen molar-refractivity contribution in [2.45, 2.75) is 13.8 Å². The van der Waals surface area contributed by atoms with E-state index in [2.05, 4.69) is 4.42 Å². The highest BCUT2D eigenvalue weighted by molar-refractivity contribution is 5.72. The Hall–Kier alpha value is -1.64. The molecule has 1 aromatic carbocycles. The van der Waals surface area contributed by atoms with Gasteiger partial charge in [-0.3, -0.25) is 0 Å². The van der Waals surface area contributed by atoms with Gasteiger partial charge in [-0.1, -0.05) is 0 Å². The van der Waals surface area contributed by atoms with E-state index in [1.165, 1.54) is 0 Å². The van der Waals surface area contributed by atoms with Crippen LogP contribution in [-0.4, -0.2) is 0 Å². The number of hydrogen-bond donors (Lipinski definition) is 0. The summed E-state index contributed by atoms with van der Waals surface area (Å²) < 4.78 is 4.58. The Balaban J connectivity index is 3.30. The van der Waals surface area contributed by atoms with Crippen LogP contribution in [0.5, 0.6) is 0 Å². The van der Waals surface area contributed by atoms with Crippen molar-refractivity contribution in [3.05, 3.63) is 44.1 Å². The van der Waals surface area contributed by atoms with E-state index in [1.54, 1.807) is 12.1 Å². The van der Waals surface area contributed by atoms with Crippen molar-refractivity contribution in [1.82, 2.24) is 0 Å². The lowest BCUT2D eigenvalue weighted by Crippen LogP contribution is -2.02. The molecule has 0 aliphatic heterocycles. The van der Waals surface area contributed by atoms with Gasteiger partial charge in [0.2, 0.25) is 0 Å². The van der Waals surface area contributed by atoms with Crippen LogP contribution in [0.1, 0.15) is 11.1 Å². The van der Waals surface area contributed by atoms with Gasteiger partial charge in [-0.25, -0.2) is 9.59 Å². The maximum atomic E-state index is 11.3. The van der Waals surface area contributed by atoms with Crippen molar-refractivity contribution in [3.63, 3.8) is 0 Å². The molecule has 2 heterocycles. The monoisotopic (exact) mass is 176 g/mol. The fourth-order valence-electron chi connectivity index (χ4n) is 1.46. The van der Waals surface area contributed by atoms with Crippen LogP contribution in [-0.2, 0) is 0 Å². The zero-order chi connectivity index (χ0) is 9.59. The standard InChI is InChI=1S/C10H8O3/c1-5-6(2)8-4-3-7(5)9(11)13-10(8)12/h3-4H,1-2H3. The molecule has 2 bridgehead atoms. The van der Waals surface area contributed by atoms with Crippen molar-refractivity contribution in [2.24, 2.45) is 0 Å². The second-order valence-electron chi connectivity index (χ2n) is 3.09. The minimum atomic E-state index is -0.550. The summed E-state index contributed by atoms with van der Waals surface area (Å²) >= 11 is 0. The molecule has 0 radical (unpaired) electrons. The zero-order valence-electron chi connectivity index (χ0n) is 7.38. The third-order valence-corrected chi connectivity index (χ3v) is 2.41. The van der Waals surface area contributed by atoms with Crippen LogP contribution in [0.3, 0.4) is 0 Å². The van der Waals surface area contributed by atoms with Crippen LogP contribution in [0, 0.1) is 13.8 Å². The summed E-state index contributed by atoms with van der Waals surface area (Å²) in [5.41, 5.74) is 0.554. The molecule has 2 aromatic heterocycles. The Morgan fingerprint density at radius 2 is 1.31 bits per heavy atom. The van der Waals surface area contributed by atoms with Crippen molar-refractivity contribution < 1.29 is 4.42 Å². The first-order valence-electron chi connectivity index (χ1n) is 3.98. The largest absolute Gasteiger partial charge is 0.386 e. The smallest absolute Gasteiger partial charge is 0.346 e. The SMILES string of the molecule is Cc1c(C)c2ccc1c(=O)oc2=O. The molecular formula is C10H8O3. The Kier molecular flexibility index (Phi) is 1.49. The fraction of sp³-hybridized carbons (Fsp3) is 0.200. The van der Waals surface area contributed by atoms with Crippen molar-refractivity contribution in [3.8, 4) is 0 Å². The average molecular weight is 176 g/mol. The highest BCUT2D eigenvalue weighted by atomic mass is 16.4. The number of aryl methyl sites for hydroxylation is 2. The van der Waals surface area contributed by atoms with Gasteiger partial charge in [-0.05, 0) is 37.1 Å². The Morgan fingerprint density at radius 1 is 0.923 bits per heavy atom. The molecule has 66 valence electrons. The van der Waals surface area contributed by atoms with Crippen LogP contribution in [0.15, 0.2) is 26.1 Å². The van der Waals surface area contributed by atoms with E-state index in [4.69, 9.17) is 0 Å². The molecule has 3 rings (SSSR count). The molecule has 0 saturated carbocycles. The predicted molar refractivity (Wildman–Crippen MR) is 49.4 cm³/mol. The Labute approximate surface area is 74.0 Å². The molecule has 13 heavy (non-hydrogen) atoms. The Bertz CT molecular complexity index is 516. The van der Waals surface area contributed by atoms with Crippen molar-refractivity contribution >= 4 is 10.8 Å². The van der Waals surface area contributed by atoms with Gasteiger partial charge >= 0.3 is 11.3 Å². The van der Waals surface area contributed by atoms with Crippen molar-refractivity contribution in [2.75, 3.05) is 0 Å². The summed E-state index contributed by atoms with van der Waals surface area (Å²) in [5, 5.41) is 0.958. The molecule has 0 saturated heterocycles. The molecule has 3 nitrogen and oxygen atoms in total. The van der Waals surface area contributed by atoms with Gasteiger partial charge in [0.15, 0.2) is 0 Å². The average Bonchev–Trinajstić information content (AvgIpc) is 2.25. The minimum absolute atomic E-state index is 0.479. The molecule has 3 heteroatoms. The summed E-state index contributed by atoms with van der Waals surface area (Å²) in [6.07, 6.45) is 0. The van der Waals surface area contributed by atoms with Crippen LogP contribution in [0.4, 0.5) is 0 Å². The second kappa shape index (κ2) is 2.42. The first-order valence-corrected chi connectivity index (χ1v) is 3.98. The van der Waals surface area contributed by atoms with Gasteiger partial charge in [0.05, 0.1) is 10.8 Å². The molecule has 3 aromatic rings. The zero-order valence-corrected chi connectivity index (χ0v) is 7.38. The van der Waals surface area contributed by atoms with Gasteiger partial charge in [0.1, 0.15) is 0 Å². The molecule has 0 atom stereocenters. The third kappa shape index (κ3) is 0.967. The lowest BCUT2D eigenvalue weighted by Gasteiger charge is -1.97. The van der Waals surface area contributed by atoms with E-state index in [-0.39, 0.29) is 0 Å². The molecule has 0 N–H and O–H groups in total. The maximum absolute atomic E-state index is 11.3. The van der Waals surface area contributed by atoms with E-state index in [1.807, 2.05) is 13.8 Å². The van der Waals surface area contributed by atoms with E-state index >= 15 is 0 Å². The topological polar surface area (TPSA) is 47.3 Å². The molecule has 0 aliphatic rings. The highest BCUT2D eigenvalue weighted by Crippen LogP contribution is 2.15. The normalized spacial score (nSPS) is 10.9. The fourth-order valence-corrected chi connectivity index (χ4v) is 1.46. The summed E-state index contributed by atoms with van der Waals surface area (Å²) in [4.78, 5) is 22.5. The number of fused-ring (bicyclic) bond motifs is 4. The number of benzene rings is 1. The van der Waals surface area contributed by atoms with Gasteiger partial charge < -0.3 is 4.42 Å². The second-order valence-corrected chi connectivity index (χ2v) is 3.09. The molecule has 0 aliphatic carbocycles. The molecule has 0 unspecified atom stereocenters. The summed E-state index contributed by atoms with van der Waals surface area (Å²) in [5.74, 6) is 0. The molecule has 0 amide bonds. The summed E-state index contributed by atoms with van der Waals surface area (Å²) in [6, 6.07) is 3.26. The van der Waals surface area contributed by atoms with Gasteiger partial charge in [0, 0.05) is 0 Å². The first kappa shape index (κ1) is 7.98. The first-order chi connectivity index (χ1) is 6.11. The van der Waals surface area contributed by atoms with E-state index in [0.717, 1.165) is 11.1 Å². The van der Waals surface area contributed by atoms with Crippen LogP contribution in [0.2, 0.25) is 0 Å². The number of rotatable bonds is 0. The highest BCUT2D eigenvalue weighted by Gasteiger charge is 2.08. The predicted octanol–water partition coefficient (Wildman–Crippen LogP) is 1.21. The van der Waals surface area contributed by atoms with Crippen molar-refractivity contribution in [1.29, 1.82) is 0 Å². The molecular weight excluding hydrogens is 168 g/mol. The molecule has 0 fully saturated rings.